The highest BCUT2D eigenvalue weighted by Crippen LogP contribution is 2.33. The van der Waals surface area contributed by atoms with Crippen molar-refractivity contribution in [3.05, 3.63) is 71.2 Å². The number of thiocarbonyl (C=S) groups is 1. The molecule has 1 atom stereocenters. The number of benzene rings is 2. The van der Waals surface area contributed by atoms with E-state index in [2.05, 4.69) is 10.0 Å². The van der Waals surface area contributed by atoms with Crippen molar-refractivity contribution >= 4 is 39.0 Å². The molecule has 0 saturated heterocycles. The molecular formula is C23H26FN3O4S2. The zero-order valence-electron chi connectivity index (χ0n) is 18.8. The Morgan fingerprint density at radius 1 is 1.24 bits per heavy atom. The van der Waals surface area contributed by atoms with Crippen molar-refractivity contribution in [2.75, 3.05) is 11.3 Å². The zero-order valence-corrected chi connectivity index (χ0v) is 20.4. The molecule has 1 heterocycles. The standard InChI is InChI=1S/C23H26FN3O4S2/c1-5-27-15(4)20(22(28)31-14(2)3)21(25-23(27)32)16-7-6-8-18(13-16)26-33(29,30)19-11-9-17(24)10-12-19/h6-14,21,26H,5H2,1-4H3,(H,25,32). The van der Waals surface area contributed by atoms with Gasteiger partial charge < -0.3 is 15.0 Å². The Morgan fingerprint density at radius 3 is 2.52 bits per heavy atom. The number of allylic oxidation sites excluding steroid dienone is 1. The number of carbonyl (C=O) groups is 1. The summed E-state index contributed by atoms with van der Waals surface area (Å²) in [5.41, 5.74) is 1.99. The number of rotatable bonds is 7. The van der Waals surface area contributed by atoms with Gasteiger partial charge >= 0.3 is 5.97 Å². The van der Waals surface area contributed by atoms with Crippen molar-refractivity contribution in [1.29, 1.82) is 0 Å². The Hall–Kier alpha value is -2.98. The van der Waals surface area contributed by atoms with E-state index in [9.17, 15) is 17.6 Å². The van der Waals surface area contributed by atoms with Gasteiger partial charge in [0.25, 0.3) is 10.0 Å². The van der Waals surface area contributed by atoms with Crippen LogP contribution in [0.1, 0.15) is 39.3 Å². The van der Waals surface area contributed by atoms with Crippen molar-refractivity contribution in [3.63, 3.8) is 0 Å². The third kappa shape index (κ3) is 5.51. The van der Waals surface area contributed by atoms with Crippen molar-refractivity contribution < 1.29 is 22.3 Å². The lowest BCUT2D eigenvalue weighted by Gasteiger charge is -2.37. The van der Waals surface area contributed by atoms with Crippen LogP contribution in [0.25, 0.3) is 0 Å². The molecule has 2 aromatic carbocycles. The second kappa shape index (κ2) is 9.88. The van der Waals surface area contributed by atoms with Crippen LogP contribution in [0.15, 0.2) is 64.7 Å². The van der Waals surface area contributed by atoms with Crippen LogP contribution >= 0.6 is 12.2 Å². The average Bonchev–Trinajstić information content (AvgIpc) is 2.73. The maximum absolute atomic E-state index is 13.2. The van der Waals surface area contributed by atoms with Gasteiger partial charge in [-0.3, -0.25) is 4.72 Å². The van der Waals surface area contributed by atoms with Gasteiger partial charge in [0.05, 0.1) is 22.6 Å². The summed E-state index contributed by atoms with van der Waals surface area (Å²) in [6, 6.07) is 10.6. The number of esters is 1. The molecule has 0 radical (unpaired) electrons. The van der Waals surface area contributed by atoms with E-state index in [-0.39, 0.29) is 16.7 Å². The van der Waals surface area contributed by atoms with Crippen molar-refractivity contribution in [3.8, 4) is 0 Å². The molecule has 0 fully saturated rings. The van der Waals surface area contributed by atoms with E-state index in [0.717, 1.165) is 12.1 Å². The van der Waals surface area contributed by atoms with E-state index < -0.39 is 27.9 Å². The predicted molar refractivity (Wildman–Crippen MR) is 128 cm³/mol. The summed E-state index contributed by atoms with van der Waals surface area (Å²) >= 11 is 5.49. The summed E-state index contributed by atoms with van der Waals surface area (Å²) < 4.78 is 46.6. The molecule has 33 heavy (non-hydrogen) atoms. The molecule has 3 rings (SSSR count). The van der Waals surface area contributed by atoms with Crippen LogP contribution in [0.5, 0.6) is 0 Å². The summed E-state index contributed by atoms with van der Waals surface area (Å²) in [7, 11) is -3.93. The fourth-order valence-corrected chi connectivity index (χ4v) is 5.00. The van der Waals surface area contributed by atoms with Crippen molar-refractivity contribution in [2.24, 2.45) is 0 Å². The molecule has 0 spiro atoms. The quantitative estimate of drug-likeness (QED) is 0.445. The first kappa shape index (κ1) is 24.7. The van der Waals surface area contributed by atoms with Crippen LogP contribution in [0.4, 0.5) is 10.1 Å². The van der Waals surface area contributed by atoms with Crippen LogP contribution in [0.3, 0.4) is 0 Å². The van der Waals surface area contributed by atoms with E-state index in [0.29, 0.717) is 28.5 Å². The molecule has 0 aliphatic carbocycles. The van der Waals surface area contributed by atoms with Gasteiger partial charge in [-0.15, -0.1) is 0 Å². The highest BCUT2D eigenvalue weighted by molar-refractivity contribution is 7.92. The summed E-state index contributed by atoms with van der Waals surface area (Å²) in [5, 5.41) is 3.63. The summed E-state index contributed by atoms with van der Waals surface area (Å²) in [6.45, 7) is 7.84. The van der Waals surface area contributed by atoms with Crippen LogP contribution in [0, 0.1) is 5.82 Å². The Bertz CT molecular complexity index is 1190. The van der Waals surface area contributed by atoms with Gasteiger partial charge in [0.1, 0.15) is 5.82 Å². The van der Waals surface area contributed by atoms with Gasteiger partial charge in [0.2, 0.25) is 0 Å². The third-order valence-electron chi connectivity index (χ3n) is 5.07. The maximum Gasteiger partial charge on any atom is 0.338 e. The SMILES string of the molecule is CCN1C(=S)NC(c2cccc(NS(=O)(=O)c3ccc(F)cc3)c2)C(C(=O)OC(C)C)=C1C. The topological polar surface area (TPSA) is 87.7 Å². The minimum Gasteiger partial charge on any atom is -0.459 e. The zero-order chi connectivity index (χ0) is 24.3. The number of nitrogens with zero attached hydrogens (tertiary/aromatic N) is 1. The Kier molecular flexibility index (Phi) is 7.38. The molecule has 1 aliphatic rings. The molecule has 10 heteroatoms. The number of hydrogen-bond acceptors (Lipinski definition) is 5. The lowest BCUT2D eigenvalue weighted by atomic mass is 9.94. The molecule has 0 amide bonds. The fourth-order valence-electron chi connectivity index (χ4n) is 3.56. The number of nitrogens with one attached hydrogen (secondary N) is 2. The fraction of sp³-hybridized carbons (Fsp3) is 0.304. The molecule has 0 bridgehead atoms. The molecule has 0 saturated carbocycles. The van der Waals surface area contributed by atoms with E-state index in [1.165, 1.54) is 12.1 Å². The minimum atomic E-state index is -3.93. The average molecular weight is 492 g/mol. The maximum atomic E-state index is 13.2. The predicted octanol–water partition coefficient (Wildman–Crippen LogP) is 4.10. The molecule has 0 aromatic heterocycles. The highest BCUT2D eigenvalue weighted by Gasteiger charge is 2.34. The first-order valence-electron chi connectivity index (χ1n) is 10.4. The number of ether oxygens (including phenoxy) is 1. The molecular weight excluding hydrogens is 465 g/mol. The smallest absolute Gasteiger partial charge is 0.338 e. The van der Waals surface area contributed by atoms with E-state index in [4.69, 9.17) is 17.0 Å². The second-order valence-corrected chi connectivity index (χ2v) is 9.83. The van der Waals surface area contributed by atoms with Gasteiger partial charge in [-0.05, 0) is 81.9 Å². The molecule has 176 valence electrons. The molecule has 1 unspecified atom stereocenters. The molecule has 2 aromatic rings. The summed E-state index contributed by atoms with van der Waals surface area (Å²) in [6.07, 6.45) is -0.309. The number of anilines is 1. The van der Waals surface area contributed by atoms with Crippen LogP contribution < -0.4 is 10.0 Å². The Morgan fingerprint density at radius 2 is 1.91 bits per heavy atom. The number of carbonyl (C=O) groups excluding carboxylic acids is 1. The third-order valence-corrected chi connectivity index (χ3v) is 6.81. The minimum absolute atomic E-state index is 0.0678. The van der Waals surface area contributed by atoms with Gasteiger partial charge in [-0.2, -0.15) is 0 Å². The first-order valence-corrected chi connectivity index (χ1v) is 12.3. The normalized spacial score (nSPS) is 16.6. The van der Waals surface area contributed by atoms with E-state index in [1.807, 2.05) is 18.7 Å². The monoisotopic (exact) mass is 491 g/mol. The van der Waals surface area contributed by atoms with E-state index >= 15 is 0 Å². The Labute approximate surface area is 198 Å². The van der Waals surface area contributed by atoms with Crippen molar-refractivity contribution in [2.45, 2.75) is 44.7 Å². The van der Waals surface area contributed by atoms with Crippen LogP contribution in [0.2, 0.25) is 0 Å². The highest BCUT2D eigenvalue weighted by atomic mass is 32.2. The van der Waals surface area contributed by atoms with Gasteiger partial charge in [-0.25, -0.2) is 17.6 Å². The van der Waals surface area contributed by atoms with Gasteiger partial charge in [-0.1, -0.05) is 12.1 Å². The largest absolute Gasteiger partial charge is 0.459 e. The number of halogens is 1. The number of sulfonamides is 1. The molecule has 2 N–H and O–H groups in total. The summed E-state index contributed by atoms with van der Waals surface area (Å²) in [4.78, 5) is 14.7. The number of hydrogen-bond donors (Lipinski definition) is 2. The lowest BCUT2D eigenvalue weighted by molar-refractivity contribution is -0.143. The van der Waals surface area contributed by atoms with Gasteiger partial charge in [0, 0.05) is 17.9 Å². The van der Waals surface area contributed by atoms with Crippen molar-refractivity contribution in [1.82, 2.24) is 10.2 Å². The van der Waals surface area contributed by atoms with E-state index in [1.54, 1.807) is 38.1 Å². The molecule has 7 nitrogen and oxygen atoms in total. The Balaban J connectivity index is 1.98. The first-order chi connectivity index (χ1) is 15.5. The lowest BCUT2D eigenvalue weighted by Crippen LogP contribution is -2.47. The molecule has 1 aliphatic heterocycles. The van der Waals surface area contributed by atoms with Crippen LogP contribution in [-0.2, 0) is 19.6 Å². The second-order valence-electron chi connectivity index (χ2n) is 7.76. The van der Waals surface area contributed by atoms with Crippen LogP contribution in [-0.4, -0.2) is 37.0 Å². The summed E-state index contributed by atoms with van der Waals surface area (Å²) in [5.74, 6) is -1.00. The van der Waals surface area contributed by atoms with Gasteiger partial charge in [0.15, 0.2) is 5.11 Å².